The van der Waals surface area contributed by atoms with Gasteiger partial charge in [0.15, 0.2) is 11.3 Å². The zero-order chi connectivity index (χ0) is 21.2. The van der Waals surface area contributed by atoms with Crippen molar-refractivity contribution in [3.8, 4) is 5.75 Å². The standard InChI is InChI=1S/C26H25NO4/c28-20(15-27-19-13-12-17-6-1-2-7-18(17)14-19)16-30-24-11-5-9-22-25(29)21-8-3-4-10-23(21)31-26(22)24/h1-11,19-20,27-28H,12-16H2. The fourth-order valence-electron chi connectivity index (χ4n) is 4.33. The smallest absolute Gasteiger partial charge is 0.200 e. The van der Waals surface area contributed by atoms with Gasteiger partial charge in [0.05, 0.1) is 10.8 Å². The first-order valence-electron chi connectivity index (χ1n) is 10.7. The van der Waals surface area contributed by atoms with E-state index in [0.29, 0.717) is 40.3 Å². The van der Waals surface area contributed by atoms with E-state index in [1.807, 2.05) is 12.1 Å². The summed E-state index contributed by atoms with van der Waals surface area (Å²) in [6, 6.07) is 21.3. The second-order valence-corrected chi connectivity index (χ2v) is 8.14. The Labute approximate surface area is 180 Å². The Balaban J connectivity index is 1.24. The van der Waals surface area contributed by atoms with Gasteiger partial charge in [-0.1, -0.05) is 42.5 Å². The van der Waals surface area contributed by atoms with Crippen LogP contribution in [0.2, 0.25) is 0 Å². The number of benzene rings is 3. The SMILES string of the molecule is O=c1c2ccccc2oc2c(OCC(O)CNC3CCc4ccccc4C3)cccc12. The lowest BCUT2D eigenvalue weighted by Crippen LogP contribution is -2.40. The van der Waals surface area contributed by atoms with Gasteiger partial charge in [0.2, 0.25) is 5.43 Å². The van der Waals surface area contributed by atoms with Gasteiger partial charge in [-0.25, -0.2) is 0 Å². The molecule has 2 N–H and O–H groups in total. The highest BCUT2D eigenvalue weighted by Crippen LogP contribution is 2.27. The van der Waals surface area contributed by atoms with E-state index in [-0.39, 0.29) is 12.0 Å². The highest BCUT2D eigenvalue weighted by atomic mass is 16.5. The molecule has 1 heterocycles. The maximum Gasteiger partial charge on any atom is 0.200 e. The van der Waals surface area contributed by atoms with Crippen LogP contribution in [0.3, 0.4) is 0 Å². The van der Waals surface area contributed by atoms with E-state index >= 15 is 0 Å². The molecule has 3 aromatic carbocycles. The van der Waals surface area contributed by atoms with Crippen molar-refractivity contribution in [2.75, 3.05) is 13.2 Å². The summed E-state index contributed by atoms with van der Waals surface area (Å²) in [5.41, 5.74) is 3.66. The first-order chi connectivity index (χ1) is 15.2. The van der Waals surface area contributed by atoms with E-state index in [1.54, 1.807) is 30.3 Å². The second kappa shape index (κ2) is 8.53. The number of ether oxygens (including phenoxy) is 1. The Morgan fingerprint density at radius 1 is 1.00 bits per heavy atom. The number of aliphatic hydroxyl groups is 1. The van der Waals surface area contributed by atoms with E-state index in [0.717, 1.165) is 19.3 Å². The number of fused-ring (bicyclic) bond motifs is 3. The van der Waals surface area contributed by atoms with Crippen molar-refractivity contribution in [3.05, 3.63) is 88.1 Å². The normalized spacial score (nSPS) is 16.9. The molecule has 5 nitrogen and oxygen atoms in total. The van der Waals surface area contributed by atoms with Crippen LogP contribution in [0.5, 0.6) is 5.75 Å². The topological polar surface area (TPSA) is 71.7 Å². The summed E-state index contributed by atoms with van der Waals surface area (Å²) in [6.45, 7) is 0.566. The van der Waals surface area contributed by atoms with Crippen LogP contribution in [0.4, 0.5) is 0 Å². The van der Waals surface area contributed by atoms with Gasteiger partial charge in [-0.2, -0.15) is 0 Å². The number of nitrogens with one attached hydrogen (secondary N) is 1. The zero-order valence-electron chi connectivity index (χ0n) is 17.2. The maximum atomic E-state index is 12.8. The summed E-state index contributed by atoms with van der Waals surface area (Å²) in [6.07, 6.45) is 2.43. The van der Waals surface area contributed by atoms with Gasteiger partial charge in [-0.3, -0.25) is 4.79 Å². The summed E-state index contributed by atoms with van der Waals surface area (Å²) in [5.74, 6) is 0.464. The minimum atomic E-state index is -0.667. The van der Waals surface area contributed by atoms with Gasteiger partial charge in [-0.05, 0) is 54.7 Å². The first-order valence-corrected chi connectivity index (χ1v) is 10.7. The fourth-order valence-corrected chi connectivity index (χ4v) is 4.33. The molecular formula is C26H25NO4. The Bertz CT molecular complexity index is 1280. The molecule has 0 bridgehead atoms. The molecule has 0 aliphatic heterocycles. The molecule has 0 radical (unpaired) electrons. The minimum absolute atomic E-state index is 0.0814. The van der Waals surface area contributed by atoms with Crippen LogP contribution in [0.25, 0.3) is 21.9 Å². The van der Waals surface area contributed by atoms with E-state index in [1.165, 1.54) is 11.1 Å². The van der Waals surface area contributed by atoms with Gasteiger partial charge in [0, 0.05) is 12.6 Å². The average molecular weight is 415 g/mol. The summed E-state index contributed by atoms with van der Waals surface area (Å²) in [7, 11) is 0. The molecule has 0 saturated heterocycles. The number of aliphatic hydroxyl groups excluding tert-OH is 1. The Kier molecular flexibility index (Phi) is 5.45. The third-order valence-electron chi connectivity index (χ3n) is 5.99. The van der Waals surface area contributed by atoms with Crippen LogP contribution < -0.4 is 15.5 Å². The summed E-state index contributed by atoms with van der Waals surface area (Å²) < 4.78 is 11.8. The molecular weight excluding hydrogens is 390 g/mol. The average Bonchev–Trinajstić information content (AvgIpc) is 2.81. The van der Waals surface area contributed by atoms with Crippen molar-refractivity contribution in [1.29, 1.82) is 0 Å². The van der Waals surface area contributed by atoms with E-state index in [2.05, 4.69) is 29.6 Å². The molecule has 1 aliphatic carbocycles. The molecule has 5 rings (SSSR count). The maximum absolute atomic E-state index is 12.8. The molecule has 0 fully saturated rings. The van der Waals surface area contributed by atoms with Gasteiger partial charge >= 0.3 is 0 Å². The van der Waals surface area contributed by atoms with Crippen molar-refractivity contribution in [3.63, 3.8) is 0 Å². The first kappa shape index (κ1) is 19.8. The monoisotopic (exact) mass is 415 g/mol. The van der Waals surface area contributed by atoms with Crippen LogP contribution >= 0.6 is 0 Å². The fraction of sp³-hybridized carbons (Fsp3) is 0.269. The predicted molar refractivity (Wildman–Crippen MR) is 122 cm³/mol. The lowest BCUT2D eigenvalue weighted by molar-refractivity contribution is 0.103. The summed E-state index contributed by atoms with van der Waals surface area (Å²) >= 11 is 0. The van der Waals surface area contributed by atoms with Crippen molar-refractivity contribution in [2.24, 2.45) is 0 Å². The highest BCUT2D eigenvalue weighted by Gasteiger charge is 2.19. The number of hydrogen-bond acceptors (Lipinski definition) is 5. The van der Waals surface area contributed by atoms with E-state index in [4.69, 9.17) is 9.15 Å². The number of para-hydroxylation sites is 2. The molecule has 31 heavy (non-hydrogen) atoms. The molecule has 2 unspecified atom stereocenters. The second-order valence-electron chi connectivity index (χ2n) is 8.14. The number of rotatable bonds is 6. The molecule has 1 aromatic heterocycles. The Hall–Kier alpha value is -3.15. The largest absolute Gasteiger partial charge is 0.487 e. The zero-order valence-corrected chi connectivity index (χ0v) is 17.2. The van der Waals surface area contributed by atoms with Crippen LogP contribution in [-0.2, 0) is 12.8 Å². The molecule has 1 aliphatic rings. The van der Waals surface area contributed by atoms with Crippen molar-refractivity contribution < 1.29 is 14.3 Å². The van der Waals surface area contributed by atoms with Crippen molar-refractivity contribution >= 4 is 21.9 Å². The Morgan fingerprint density at radius 3 is 2.68 bits per heavy atom. The highest BCUT2D eigenvalue weighted by molar-refractivity contribution is 5.92. The summed E-state index contributed by atoms with van der Waals surface area (Å²) in [5, 5.41) is 14.9. The number of aryl methyl sites for hydroxylation is 1. The predicted octanol–water partition coefficient (Wildman–Crippen LogP) is 3.83. The Morgan fingerprint density at radius 2 is 1.77 bits per heavy atom. The molecule has 0 saturated carbocycles. The molecule has 4 aromatic rings. The van der Waals surface area contributed by atoms with Crippen LogP contribution in [0, 0.1) is 0 Å². The molecule has 0 amide bonds. The lowest BCUT2D eigenvalue weighted by atomic mass is 9.88. The van der Waals surface area contributed by atoms with Gasteiger partial charge in [-0.15, -0.1) is 0 Å². The minimum Gasteiger partial charge on any atom is -0.487 e. The van der Waals surface area contributed by atoms with Crippen LogP contribution in [-0.4, -0.2) is 30.4 Å². The number of hydrogen-bond donors (Lipinski definition) is 2. The van der Waals surface area contributed by atoms with Gasteiger partial charge in [0.1, 0.15) is 18.3 Å². The van der Waals surface area contributed by atoms with Crippen LogP contribution in [0.1, 0.15) is 17.5 Å². The van der Waals surface area contributed by atoms with Gasteiger partial charge in [0.25, 0.3) is 0 Å². The molecule has 2 atom stereocenters. The van der Waals surface area contributed by atoms with Gasteiger partial charge < -0.3 is 19.6 Å². The quantitative estimate of drug-likeness (QED) is 0.468. The molecule has 158 valence electrons. The van der Waals surface area contributed by atoms with Crippen molar-refractivity contribution in [2.45, 2.75) is 31.4 Å². The molecule has 5 heteroatoms. The summed E-state index contributed by atoms with van der Waals surface area (Å²) in [4.78, 5) is 12.8. The van der Waals surface area contributed by atoms with Crippen LogP contribution in [0.15, 0.2) is 75.9 Å². The third-order valence-corrected chi connectivity index (χ3v) is 5.99. The van der Waals surface area contributed by atoms with E-state index in [9.17, 15) is 9.90 Å². The van der Waals surface area contributed by atoms with E-state index < -0.39 is 6.10 Å². The molecule has 0 spiro atoms. The lowest BCUT2D eigenvalue weighted by Gasteiger charge is -2.26. The third kappa shape index (κ3) is 4.07. The van der Waals surface area contributed by atoms with Crippen molar-refractivity contribution in [1.82, 2.24) is 5.32 Å².